The second-order valence-corrected chi connectivity index (χ2v) is 6.45. The molecule has 2 unspecified atom stereocenters. The normalized spacial score (nSPS) is 29.0. The molecule has 2 aliphatic heterocycles. The summed E-state index contributed by atoms with van der Waals surface area (Å²) >= 11 is 0. The molecule has 2 saturated heterocycles. The van der Waals surface area contributed by atoms with Gasteiger partial charge in [-0.15, -0.1) is 0 Å². The van der Waals surface area contributed by atoms with Crippen LogP contribution in [0, 0.1) is 11.3 Å². The zero-order valence-electron chi connectivity index (χ0n) is 12.9. The van der Waals surface area contributed by atoms with E-state index >= 15 is 0 Å². The van der Waals surface area contributed by atoms with Crippen LogP contribution >= 0.6 is 0 Å². The number of hydrogen-bond acceptors (Lipinski definition) is 3. The lowest BCUT2D eigenvalue weighted by atomic mass is 9.81. The van der Waals surface area contributed by atoms with E-state index in [1.165, 1.54) is 37.7 Å². The summed E-state index contributed by atoms with van der Waals surface area (Å²) in [6.07, 6.45) is 6.60. The van der Waals surface area contributed by atoms with Crippen molar-refractivity contribution in [2.24, 2.45) is 0 Å². The van der Waals surface area contributed by atoms with E-state index in [1.54, 1.807) is 0 Å². The summed E-state index contributed by atoms with van der Waals surface area (Å²) in [5.41, 5.74) is 2.06. The molecular weight excluding hydrogens is 258 g/mol. The molecule has 0 aliphatic carbocycles. The zero-order valence-corrected chi connectivity index (χ0v) is 12.9. The molecule has 0 spiro atoms. The zero-order chi connectivity index (χ0) is 14.7. The summed E-state index contributed by atoms with van der Waals surface area (Å²) in [7, 11) is 0. The maximum absolute atomic E-state index is 9.05. The van der Waals surface area contributed by atoms with Crippen LogP contribution in [0.2, 0.25) is 0 Å². The molecule has 1 aromatic rings. The fourth-order valence-electron chi connectivity index (χ4n) is 4.14. The fraction of sp³-hybridized carbons (Fsp3) is 0.611. The standard InChI is InChI=1S/C18H25N3/c1-2-20-16-10-17-7-4-8-18(11-16)21(17)13-15-6-3-5-14(9-15)12-19/h3,5-6,9,16-18,20H,2,4,7-8,10-11,13H2,1H3. The highest BCUT2D eigenvalue weighted by Gasteiger charge is 2.37. The number of fused-ring (bicyclic) bond motifs is 2. The van der Waals surface area contributed by atoms with Crippen LogP contribution in [0.3, 0.4) is 0 Å². The third-order valence-corrected chi connectivity index (χ3v) is 5.04. The van der Waals surface area contributed by atoms with Crippen LogP contribution < -0.4 is 5.32 Å². The first-order valence-corrected chi connectivity index (χ1v) is 8.28. The first kappa shape index (κ1) is 14.6. The largest absolute Gasteiger partial charge is 0.314 e. The van der Waals surface area contributed by atoms with Gasteiger partial charge in [0.1, 0.15) is 0 Å². The molecule has 3 rings (SSSR count). The second kappa shape index (κ2) is 6.60. The van der Waals surface area contributed by atoms with Crippen LogP contribution in [0.1, 0.15) is 50.2 Å². The number of nitrogens with zero attached hydrogens (tertiary/aromatic N) is 2. The molecule has 0 aromatic heterocycles. The second-order valence-electron chi connectivity index (χ2n) is 6.45. The van der Waals surface area contributed by atoms with E-state index in [9.17, 15) is 0 Å². The van der Waals surface area contributed by atoms with Gasteiger partial charge in [0.15, 0.2) is 0 Å². The van der Waals surface area contributed by atoms with Gasteiger partial charge in [0.2, 0.25) is 0 Å². The summed E-state index contributed by atoms with van der Waals surface area (Å²) in [5, 5.41) is 12.7. The number of hydrogen-bond donors (Lipinski definition) is 1. The van der Waals surface area contributed by atoms with Crippen LogP contribution in [0.25, 0.3) is 0 Å². The molecule has 2 atom stereocenters. The predicted molar refractivity (Wildman–Crippen MR) is 84.8 cm³/mol. The monoisotopic (exact) mass is 283 g/mol. The van der Waals surface area contributed by atoms with Crippen LogP contribution in [0.4, 0.5) is 0 Å². The molecule has 2 heterocycles. The van der Waals surface area contributed by atoms with Crippen molar-refractivity contribution >= 4 is 0 Å². The van der Waals surface area contributed by atoms with Crippen LogP contribution in [0.15, 0.2) is 24.3 Å². The van der Waals surface area contributed by atoms with E-state index in [0.717, 1.165) is 18.7 Å². The Balaban J connectivity index is 1.72. The Hall–Kier alpha value is -1.37. The Bertz CT molecular complexity index is 505. The summed E-state index contributed by atoms with van der Waals surface area (Å²) < 4.78 is 0. The third-order valence-electron chi connectivity index (χ3n) is 5.04. The van der Waals surface area contributed by atoms with Crippen molar-refractivity contribution in [2.75, 3.05) is 6.54 Å². The molecule has 21 heavy (non-hydrogen) atoms. The number of rotatable bonds is 4. The van der Waals surface area contributed by atoms with E-state index < -0.39 is 0 Å². The molecule has 0 radical (unpaired) electrons. The number of nitrogens with one attached hydrogen (secondary N) is 1. The average Bonchev–Trinajstić information content (AvgIpc) is 2.48. The Kier molecular flexibility index (Phi) is 4.57. The third kappa shape index (κ3) is 3.28. The minimum absolute atomic E-state index is 0.701. The number of benzene rings is 1. The predicted octanol–water partition coefficient (Wildman–Crippen LogP) is 3.05. The Morgan fingerprint density at radius 3 is 2.71 bits per heavy atom. The van der Waals surface area contributed by atoms with E-state index in [4.69, 9.17) is 5.26 Å². The highest BCUT2D eigenvalue weighted by atomic mass is 15.2. The summed E-state index contributed by atoms with van der Waals surface area (Å²) in [4.78, 5) is 2.70. The van der Waals surface area contributed by atoms with E-state index in [2.05, 4.69) is 29.3 Å². The Morgan fingerprint density at radius 2 is 2.05 bits per heavy atom. The lowest BCUT2D eigenvalue weighted by molar-refractivity contribution is 0.0180. The molecule has 2 fully saturated rings. The topological polar surface area (TPSA) is 39.1 Å². The van der Waals surface area contributed by atoms with Crippen molar-refractivity contribution in [1.82, 2.24) is 10.2 Å². The van der Waals surface area contributed by atoms with Gasteiger partial charge in [-0.05, 0) is 49.9 Å². The summed E-state index contributed by atoms with van der Waals surface area (Å²) in [6, 6.07) is 12.5. The van der Waals surface area contributed by atoms with Crippen molar-refractivity contribution in [3.05, 3.63) is 35.4 Å². The summed E-state index contributed by atoms with van der Waals surface area (Å²) in [5.74, 6) is 0. The van der Waals surface area contributed by atoms with Crippen LogP contribution in [-0.2, 0) is 6.54 Å². The van der Waals surface area contributed by atoms with E-state index in [-0.39, 0.29) is 0 Å². The number of nitriles is 1. The molecule has 2 aliphatic rings. The molecule has 3 heteroatoms. The van der Waals surface area contributed by atoms with Crippen molar-refractivity contribution in [2.45, 2.75) is 63.7 Å². The molecule has 2 bridgehead atoms. The molecule has 0 saturated carbocycles. The number of piperidine rings is 2. The summed E-state index contributed by atoms with van der Waals surface area (Å²) in [6.45, 7) is 4.29. The van der Waals surface area contributed by atoms with Gasteiger partial charge in [-0.3, -0.25) is 4.90 Å². The van der Waals surface area contributed by atoms with Crippen LogP contribution in [0.5, 0.6) is 0 Å². The average molecular weight is 283 g/mol. The van der Waals surface area contributed by atoms with Gasteiger partial charge in [-0.2, -0.15) is 5.26 Å². The van der Waals surface area contributed by atoms with Crippen molar-refractivity contribution in [3.63, 3.8) is 0 Å². The molecule has 1 N–H and O–H groups in total. The van der Waals surface area contributed by atoms with Crippen molar-refractivity contribution in [3.8, 4) is 6.07 Å². The molecule has 3 nitrogen and oxygen atoms in total. The van der Waals surface area contributed by atoms with Gasteiger partial charge in [-0.25, -0.2) is 0 Å². The SMILES string of the molecule is CCNC1CC2CCCC(C1)N2Cc1cccc(C#N)c1. The van der Waals surface area contributed by atoms with Gasteiger partial charge in [-0.1, -0.05) is 25.5 Å². The molecular formula is C18H25N3. The smallest absolute Gasteiger partial charge is 0.0991 e. The minimum Gasteiger partial charge on any atom is -0.314 e. The fourth-order valence-corrected chi connectivity index (χ4v) is 4.14. The van der Waals surface area contributed by atoms with Gasteiger partial charge in [0, 0.05) is 24.7 Å². The van der Waals surface area contributed by atoms with E-state index in [0.29, 0.717) is 18.1 Å². The lowest BCUT2D eigenvalue weighted by Crippen LogP contribution is -2.55. The van der Waals surface area contributed by atoms with E-state index in [1.807, 2.05) is 18.2 Å². The first-order chi connectivity index (χ1) is 10.3. The van der Waals surface area contributed by atoms with Gasteiger partial charge < -0.3 is 5.32 Å². The maximum atomic E-state index is 9.05. The highest BCUT2D eigenvalue weighted by molar-refractivity contribution is 5.32. The highest BCUT2D eigenvalue weighted by Crippen LogP contribution is 2.35. The quantitative estimate of drug-likeness (QED) is 0.923. The minimum atomic E-state index is 0.701. The van der Waals surface area contributed by atoms with Gasteiger partial charge >= 0.3 is 0 Å². The maximum Gasteiger partial charge on any atom is 0.0991 e. The van der Waals surface area contributed by atoms with Crippen molar-refractivity contribution < 1.29 is 0 Å². The molecule has 112 valence electrons. The molecule has 1 aromatic carbocycles. The first-order valence-electron chi connectivity index (χ1n) is 8.28. The Labute approximate surface area is 128 Å². The Morgan fingerprint density at radius 1 is 1.29 bits per heavy atom. The van der Waals surface area contributed by atoms with Gasteiger partial charge in [0.05, 0.1) is 11.6 Å². The lowest BCUT2D eigenvalue weighted by Gasteiger charge is -2.49. The van der Waals surface area contributed by atoms with Crippen LogP contribution in [-0.4, -0.2) is 29.6 Å². The van der Waals surface area contributed by atoms with Gasteiger partial charge in [0.25, 0.3) is 0 Å². The van der Waals surface area contributed by atoms with Crippen molar-refractivity contribution in [1.29, 1.82) is 5.26 Å². The molecule has 0 amide bonds.